The lowest BCUT2D eigenvalue weighted by molar-refractivity contribution is 0.102. The van der Waals surface area contributed by atoms with Gasteiger partial charge < -0.3 is 0 Å². The van der Waals surface area contributed by atoms with Gasteiger partial charge in [0.05, 0.1) is 11.3 Å². The Bertz CT molecular complexity index is 701. The molecule has 0 saturated heterocycles. The Morgan fingerprint density at radius 3 is 3.10 bits per heavy atom. The molecule has 0 spiro atoms. The lowest BCUT2D eigenvalue weighted by Gasteiger charge is -2.15. The summed E-state index contributed by atoms with van der Waals surface area (Å²) in [6.45, 7) is 2.23. The second-order valence-corrected chi connectivity index (χ2v) is 7.25. The molecular weight excluding hydrogens is 355 g/mol. The summed E-state index contributed by atoms with van der Waals surface area (Å²) in [5.74, 6) is 0.0193. The number of nitrogens with zero attached hydrogens (tertiary/aromatic N) is 1. The molecule has 6 heteroatoms. The maximum absolute atomic E-state index is 13.1. The number of amides is 1. The molecule has 0 aliphatic heterocycles. The van der Waals surface area contributed by atoms with Crippen molar-refractivity contribution in [2.75, 3.05) is 5.32 Å². The third-order valence-corrected chi connectivity index (χ3v) is 5.27. The molecule has 3 nitrogen and oxygen atoms in total. The number of carbonyl (C=O) groups excluding carboxylic acids is 1. The number of fused-ring (bicyclic) bond motifs is 1. The molecule has 1 aliphatic rings. The highest BCUT2D eigenvalue weighted by Gasteiger charge is 2.21. The van der Waals surface area contributed by atoms with E-state index in [2.05, 4.69) is 33.2 Å². The van der Waals surface area contributed by atoms with E-state index >= 15 is 0 Å². The minimum atomic E-state index is -0.378. The number of nitrogens with one attached hydrogen (secondary N) is 1. The van der Waals surface area contributed by atoms with Crippen molar-refractivity contribution in [2.24, 2.45) is 5.92 Å². The predicted molar refractivity (Wildman–Crippen MR) is 85.4 cm³/mol. The van der Waals surface area contributed by atoms with E-state index in [4.69, 9.17) is 0 Å². The zero-order valence-corrected chi connectivity index (χ0v) is 13.9. The maximum atomic E-state index is 13.1. The molecule has 0 bridgehead atoms. The fourth-order valence-corrected chi connectivity index (χ4v) is 4.13. The molecule has 1 amide bonds. The van der Waals surface area contributed by atoms with Gasteiger partial charge in [-0.05, 0) is 59.3 Å². The van der Waals surface area contributed by atoms with E-state index in [-0.39, 0.29) is 11.7 Å². The van der Waals surface area contributed by atoms with Crippen molar-refractivity contribution in [2.45, 2.75) is 26.2 Å². The van der Waals surface area contributed by atoms with Gasteiger partial charge in [-0.1, -0.05) is 6.92 Å². The fourth-order valence-electron chi connectivity index (χ4n) is 2.43. The highest BCUT2D eigenvalue weighted by Crippen LogP contribution is 2.32. The standard InChI is InChI=1S/C15H14BrFN2OS/c1-8-2-5-12-13(6-8)21-15(18-12)19-14(20)10-4-3-9(17)7-11(10)16/h3-4,7-8H,2,5-6H2,1H3,(H,18,19,20). The van der Waals surface area contributed by atoms with Gasteiger partial charge in [-0.2, -0.15) is 0 Å². The van der Waals surface area contributed by atoms with E-state index in [1.54, 1.807) is 0 Å². The average Bonchev–Trinajstić information content (AvgIpc) is 2.79. The van der Waals surface area contributed by atoms with Crippen LogP contribution in [0.15, 0.2) is 22.7 Å². The Balaban J connectivity index is 1.79. The third kappa shape index (κ3) is 3.16. The molecule has 1 N–H and O–H groups in total. The monoisotopic (exact) mass is 368 g/mol. The molecule has 1 aliphatic carbocycles. The first-order valence-electron chi connectivity index (χ1n) is 6.78. The second kappa shape index (κ2) is 5.85. The number of aromatic nitrogens is 1. The lowest BCUT2D eigenvalue weighted by atomic mass is 9.93. The summed E-state index contributed by atoms with van der Waals surface area (Å²) < 4.78 is 13.5. The number of benzene rings is 1. The van der Waals surface area contributed by atoms with E-state index in [1.165, 1.54) is 34.4 Å². The molecule has 2 aromatic rings. The lowest BCUT2D eigenvalue weighted by Crippen LogP contribution is -2.12. The van der Waals surface area contributed by atoms with E-state index in [1.807, 2.05) is 0 Å². The number of hydrogen-bond acceptors (Lipinski definition) is 3. The number of rotatable bonds is 2. The molecule has 21 heavy (non-hydrogen) atoms. The second-order valence-electron chi connectivity index (χ2n) is 5.32. The van der Waals surface area contributed by atoms with Crippen molar-refractivity contribution in [1.29, 1.82) is 0 Å². The van der Waals surface area contributed by atoms with Gasteiger partial charge in [-0.3, -0.25) is 10.1 Å². The number of halogens is 2. The normalized spacial score (nSPS) is 17.4. The van der Waals surface area contributed by atoms with Gasteiger partial charge >= 0.3 is 0 Å². The molecule has 0 saturated carbocycles. The molecule has 0 radical (unpaired) electrons. The van der Waals surface area contributed by atoms with Crippen molar-refractivity contribution in [3.05, 3.63) is 44.6 Å². The van der Waals surface area contributed by atoms with Crippen LogP contribution in [-0.4, -0.2) is 10.9 Å². The van der Waals surface area contributed by atoms with Crippen LogP contribution in [0.1, 0.15) is 34.3 Å². The predicted octanol–water partition coefficient (Wildman–Crippen LogP) is 4.42. The Morgan fingerprint density at radius 1 is 1.52 bits per heavy atom. The molecule has 1 heterocycles. The first kappa shape index (κ1) is 14.7. The summed E-state index contributed by atoms with van der Waals surface area (Å²) in [5.41, 5.74) is 1.50. The van der Waals surface area contributed by atoms with E-state index in [0.29, 0.717) is 21.1 Å². The SMILES string of the molecule is CC1CCc2nc(NC(=O)c3ccc(F)cc3Br)sc2C1. The van der Waals surface area contributed by atoms with Gasteiger partial charge in [0.15, 0.2) is 5.13 Å². The Morgan fingerprint density at radius 2 is 2.33 bits per heavy atom. The van der Waals surface area contributed by atoms with Crippen molar-refractivity contribution >= 4 is 38.3 Å². The largest absolute Gasteiger partial charge is 0.298 e. The highest BCUT2D eigenvalue weighted by molar-refractivity contribution is 9.10. The van der Waals surface area contributed by atoms with Crippen LogP contribution >= 0.6 is 27.3 Å². The Hall–Kier alpha value is -1.27. The summed E-state index contributed by atoms with van der Waals surface area (Å²) >= 11 is 4.75. The molecule has 1 aromatic heterocycles. The summed E-state index contributed by atoms with van der Waals surface area (Å²) in [7, 11) is 0. The van der Waals surface area contributed by atoms with Crippen molar-refractivity contribution in [3.63, 3.8) is 0 Å². The molecule has 1 aromatic carbocycles. The van der Waals surface area contributed by atoms with Gasteiger partial charge in [-0.15, -0.1) is 11.3 Å². The summed E-state index contributed by atoms with van der Waals surface area (Å²) in [5, 5.41) is 3.43. The third-order valence-electron chi connectivity index (χ3n) is 3.58. The number of anilines is 1. The van der Waals surface area contributed by atoms with E-state index < -0.39 is 0 Å². The molecular formula is C15H14BrFN2OS. The zero-order valence-electron chi connectivity index (χ0n) is 11.5. The molecule has 110 valence electrons. The van der Waals surface area contributed by atoms with Gasteiger partial charge in [0.1, 0.15) is 5.82 Å². The van der Waals surface area contributed by atoms with Crippen molar-refractivity contribution in [3.8, 4) is 0 Å². The quantitative estimate of drug-likeness (QED) is 0.852. The van der Waals surface area contributed by atoms with Gasteiger partial charge in [0, 0.05) is 9.35 Å². The van der Waals surface area contributed by atoms with Crippen LogP contribution in [0.2, 0.25) is 0 Å². The van der Waals surface area contributed by atoms with Crippen molar-refractivity contribution in [1.82, 2.24) is 4.98 Å². The van der Waals surface area contributed by atoms with Crippen LogP contribution in [0.5, 0.6) is 0 Å². The molecule has 3 rings (SSSR count). The topological polar surface area (TPSA) is 42.0 Å². The first-order valence-corrected chi connectivity index (χ1v) is 8.39. The minimum Gasteiger partial charge on any atom is -0.298 e. The number of aryl methyl sites for hydroxylation is 1. The Kier molecular flexibility index (Phi) is 4.08. The van der Waals surface area contributed by atoms with E-state index in [0.717, 1.165) is 25.0 Å². The van der Waals surface area contributed by atoms with E-state index in [9.17, 15) is 9.18 Å². The number of hydrogen-bond donors (Lipinski definition) is 1. The van der Waals surface area contributed by atoms with Crippen LogP contribution < -0.4 is 5.32 Å². The van der Waals surface area contributed by atoms with Crippen LogP contribution in [-0.2, 0) is 12.8 Å². The molecule has 0 fully saturated rings. The maximum Gasteiger partial charge on any atom is 0.258 e. The summed E-state index contributed by atoms with van der Waals surface area (Å²) in [4.78, 5) is 18.0. The van der Waals surface area contributed by atoms with Crippen molar-refractivity contribution < 1.29 is 9.18 Å². The number of thiazole rings is 1. The summed E-state index contributed by atoms with van der Waals surface area (Å²) in [6.07, 6.45) is 3.15. The number of carbonyl (C=O) groups is 1. The van der Waals surface area contributed by atoms with Crippen LogP contribution in [0.25, 0.3) is 0 Å². The van der Waals surface area contributed by atoms with Crippen LogP contribution in [0, 0.1) is 11.7 Å². The highest BCUT2D eigenvalue weighted by atomic mass is 79.9. The van der Waals surface area contributed by atoms with Gasteiger partial charge in [0.2, 0.25) is 0 Å². The molecule has 1 unspecified atom stereocenters. The summed E-state index contributed by atoms with van der Waals surface area (Å²) in [6, 6.07) is 4.02. The zero-order chi connectivity index (χ0) is 15.0. The smallest absolute Gasteiger partial charge is 0.258 e. The van der Waals surface area contributed by atoms with Crippen LogP contribution in [0.3, 0.4) is 0 Å². The first-order chi connectivity index (χ1) is 10.0. The van der Waals surface area contributed by atoms with Gasteiger partial charge in [-0.25, -0.2) is 9.37 Å². The molecule has 1 atom stereocenters. The van der Waals surface area contributed by atoms with Crippen LogP contribution in [0.4, 0.5) is 9.52 Å². The average molecular weight is 369 g/mol. The minimum absolute atomic E-state index is 0.277. The fraction of sp³-hybridized carbons (Fsp3) is 0.333. The Labute approximate surface area is 134 Å². The van der Waals surface area contributed by atoms with Gasteiger partial charge in [0.25, 0.3) is 5.91 Å².